The fourth-order valence-corrected chi connectivity index (χ4v) is 3.21. The quantitative estimate of drug-likeness (QED) is 0.148. The van der Waals surface area contributed by atoms with Crippen molar-refractivity contribution in [2.45, 2.75) is 64.7 Å². The highest BCUT2D eigenvalue weighted by Gasteiger charge is 2.08. The van der Waals surface area contributed by atoms with E-state index in [0.717, 1.165) is 32.1 Å². The van der Waals surface area contributed by atoms with E-state index in [9.17, 15) is 0 Å². The van der Waals surface area contributed by atoms with Crippen LogP contribution >= 0.6 is 11.6 Å². The van der Waals surface area contributed by atoms with Crippen LogP contribution in [0.4, 0.5) is 0 Å². The van der Waals surface area contributed by atoms with Gasteiger partial charge in [0, 0.05) is 5.38 Å². The smallest absolute Gasteiger partial charge is 0.0348 e. The molecular formula is C26H35Cl. The Morgan fingerprint density at radius 3 is 2.56 bits per heavy atom. The van der Waals surface area contributed by atoms with Gasteiger partial charge in [-0.15, -0.1) is 18.2 Å². The topological polar surface area (TPSA) is 0 Å². The van der Waals surface area contributed by atoms with Crippen molar-refractivity contribution < 1.29 is 0 Å². The van der Waals surface area contributed by atoms with Crippen molar-refractivity contribution in [3.05, 3.63) is 89.6 Å². The summed E-state index contributed by atoms with van der Waals surface area (Å²) in [7, 11) is 0. The molecule has 1 unspecified atom stereocenters. The molecule has 0 saturated heterocycles. The van der Waals surface area contributed by atoms with Gasteiger partial charge in [0.2, 0.25) is 0 Å². The fraction of sp³-hybridized carbons (Fsp3) is 0.385. The van der Waals surface area contributed by atoms with Gasteiger partial charge in [-0.3, -0.25) is 0 Å². The summed E-state index contributed by atoms with van der Waals surface area (Å²) < 4.78 is 0. The molecule has 0 aliphatic rings. The van der Waals surface area contributed by atoms with Crippen molar-refractivity contribution >= 4 is 17.7 Å². The van der Waals surface area contributed by atoms with Crippen LogP contribution < -0.4 is 0 Å². The second-order valence-corrected chi connectivity index (χ2v) is 7.76. The first-order valence-corrected chi connectivity index (χ1v) is 10.5. The number of benzene rings is 1. The average Bonchev–Trinajstić information content (AvgIpc) is 2.64. The van der Waals surface area contributed by atoms with Crippen LogP contribution in [0.5, 0.6) is 0 Å². The largest absolute Gasteiger partial charge is 0.123 e. The first kappa shape index (κ1) is 23.2. The van der Waals surface area contributed by atoms with Gasteiger partial charge < -0.3 is 0 Å². The molecular weight excluding hydrogens is 348 g/mol. The summed E-state index contributed by atoms with van der Waals surface area (Å²) in [6.45, 7) is 10.1. The second-order valence-electron chi connectivity index (χ2n) is 7.01. The third kappa shape index (κ3) is 10.2. The van der Waals surface area contributed by atoms with Gasteiger partial charge in [0.15, 0.2) is 0 Å². The van der Waals surface area contributed by atoms with Crippen LogP contribution in [0.1, 0.15) is 63.1 Å². The van der Waals surface area contributed by atoms with E-state index in [4.69, 9.17) is 11.6 Å². The third-order valence-electron chi connectivity index (χ3n) is 4.46. The minimum absolute atomic E-state index is 0.140. The minimum atomic E-state index is 0.140. The van der Waals surface area contributed by atoms with Crippen molar-refractivity contribution in [1.29, 1.82) is 0 Å². The molecule has 0 aliphatic carbocycles. The highest BCUT2D eigenvalue weighted by Crippen LogP contribution is 2.22. The number of aryl methyl sites for hydroxylation is 1. The lowest BCUT2D eigenvalue weighted by atomic mass is 9.94. The maximum atomic E-state index is 6.28. The molecule has 0 aromatic heterocycles. The van der Waals surface area contributed by atoms with E-state index >= 15 is 0 Å². The summed E-state index contributed by atoms with van der Waals surface area (Å²) in [5.41, 5.74) is 5.55. The Morgan fingerprint density at radius 1 is 1.11 bits per heavy atom. The van der Waals surface area contributed by atoms with E-state index in [2.05, 4.69) is 69.0 Å². The highest BCUT2D eigenvalue weighted by molar-refractivity contribution is 6.20. The standard InChI is InChI=1S/C26H35Cl/c1-5-7-9-10-11-20-26-24(18-14-19-25(26)21-23(4)27)17-13-12-16-22(3)15-8-6-2/h5-7,9-11,14,16,18-20,23H,2,8,12-13,15,17,21H2,1,3-4H3/b7-5+,10-9-,20-11-,22-16-. The lowest BCUT2D eigenvalue weighted by Crippen LogP contribution is -2.02. The van der Waals surface area contributed by atoms with Crippen molar-refractivity contribution in [3.8, 4) is 0 Å². The Bertz CT molecular complexity index is 671. The molecule has 0 saturated carbocycles. The second kappa shape index (κ2) is 14.3. The van der Waals surface area contributed by atoms with E-state index in [-0.39, 0.29) is 5.38 Å². The highest BCUT2D eigenvalue weighted by atomic mass is 35.5. The number of hydrogen-bond acceptors (Lipinski definition) is 0. The van der Waals surface area contributed by atoms with Crippen LogP contribution in [0.25, 0.3) is 6.08 Å². The number of hydrogen-bond donors (Lipinski definition) is 0. The molecule has 0 fully saturated rings. The molecule has 0 aliphatic heterocycles. The Balaban J connectivity index is 2.86. The Hall–Kier alpha value is -1.79. The van der Waals surface area contributed by atoms with E-state index in [1.807, 2.05) is 25.2 Å². The monoisotopic (exact) mass is 382 g/mol. The van der Waals surface area contributed by atoms with Gasteiger partial charge >= 0.3 is 0 Å². The molecule has 0 bridgehead atoms. The van der Waals surface area contributed by atoms with Gasteiger partial charge in [-0.25, -0.2) is 0 Å². The van der Waals surface area contributed by atoms with Crippen molar-refractivity contribution in [2.75, 3.05) is 0 Å². The van der Waals surface area contributed by atoms with Crippen LogP contribution in [-0.4, -0.2) is 5.38 Å². The summed E-state index contributed by atoms with van der Waals surface area (Å²) in [5, 5.41) is 0.140. The molecule has 1 heteroatoms. The zero-order valence-electron chi connectivity index (χ0n) is 17.3. The van der Waals surface area contributed by atoms with Gasteiger partial charge in [-0.1, -0.05) is 72.4 Å². The lowest BCUT2D eigenvalue weighted by molar-refractivity contribution is 0.824. The van der Waals surface area contributed by atoms with E-state index in [0.29, 0.717) is 0 Å². The van der Waals surface area contributed by atoms with Crippen LogP contribution in [-0.2, 0) is 12.8 Å². The van der Waals surface area contributed by atoms with E-state index in [1.54, 1.807) is 0 Å². The Kier molecular flexibility index (Phi) is 12.3. The average molecular weight is 383 g/mol. The van der Waals surface area contributed by atoms with E-state index in [1.165, 1.54) is 28.7 Å². The summed E-state index contributed by atoms with van der Waals surface area (Å²) in [6, 6.07) is 6.63. The van der Waals surface area contributed by atoms with Gasteiger partial charge in [-0.05, 0) is 76.0 Å². The molecule has 1 rings (SSSR count). The SMILES string of the molecule is C=CCC/C(C)=C\CCCc1cccc(CC(C)Cl)c1\C=C/C=C\C=C\C. The zero-order chi connectivity index (χ0) is 19.9. The molecule has 1 aromatic rings. The molecule has 1 atom stereocenters. The first-order chi connectivity index (χ1) is 13.1. The molecule has 0 amide bonds. The summed E-state index contributed by atoms with van der Waals surface area (Å²) in [6.07, 6.45) is 23.4. The van der Waals surface area contributed by atoms with Crippen molar-refractivity contribution in [3.63, 3.8) is 0 Å². The molecule has 0 N–H and O–H groups in total. The number of unbranched alkanes of at least 4 members (excludes halogenated alkanes) is 1. The minimum Gasteiger partial charge on any atom is -0.123 e. The van der Waals surface area contributed by atoms with Crippen LogP contribution in [0, 0.1) is 0 Å². The maximum Gasteiger partial charge on any atom is 0.0348 e. The molecule has 0 heterocycles. The van der Waals surface area contributed by atoms with Gasteiger partial charge in [0.25, 0.3) is 0 Å². The normalized spacial score (nSPS) is 13.9. The molecule has 0 spiro atoms. The van der Waals surface area contributed by atoms with Crippen molar-refractivity contribution in [2.24, 2.45) is 0 Å². The van der Waals surface area contributed by atoms with Gasteiger partial charge in [0.1, 0.15) is 0 Å². The Labute approximate surface area is 172 Å². The van der Waals surface area contributed by atoms with Crippen LogP contribution in [0.3, 0.4) is 0 Å². The zero-order valence-corrected chi connectivity index (χ0v) is 18.0. The number of rotatable bonds is 12. The summed E-state index contributed by atoms with van der Waals surface area (Å²) in [5.74, 6) is 0. The predicted octanol–water partition coefficient (Wildman–Crippen LogP) is 8.24. The number of allylic oxidation sites excluding steroid dienone is 8. The van der Waals surface area contributed by atoms with Crippen LogP contribution in [0.2, 0.25) is 0 Å². The Morgan fingerprint density at radius 2 is 1.85 bits per heavy atom. The molecule has 27 heavy (non-hydrogen) atoms. The first-order valence-electron chi connectivity index (χ1n) is 10.1. The fourth-order valence-electron chi connectivity index (χ4n) is 3.04. The van der Waals surface area contributed by atoms with Gasteiger partial charge in [-0.2, -0.15) is 0 Å². The van der Waals surface area contributed by atoms with Crippen LogP contribution in [0.15, 0.2) is 72.9 Å². The van der Waals surface area contributed by atoms with Crippen molar-refractivity contribution in [1.82, 2.24) is 0 Å². The molecule has 1 aromatic carbocycles. The molecule has 146 valence electrons. The summed E-state index contributed by atoms with van der Waals surface area (Å²) in [4.78, 5) is 0. The molecule has 0 nitrogen and oxygen atoms in total. The third-order valence-corrected chi connectivity index (χ3v) is 4.62. The maximum absolute atomic E-state index is 6.28. The van der Waals surface area contributed by atoms with E-state index < -0.39 is 0 Å². The number of alkyl halides is 1. The predicted molar refractivity (Wildman–Crippen MR) is 125 cm³/mol. The summed E-state index contributed by atoms with van der Waals surface area (Å²) >= 11 is 6.28. The number of halogens is 1. The lowest BCUT2D eigenvalue weighted by Gasteiger charge is -2.13. The molecule has 0 radical (unpaired) electrons. The van der Waals surface area contributed by atoms with Gasteiger partial charge in [0.05, 0.1) is 0 Å².